The average molecular weight is 374 g/mol. The highest BCUT2D eigenvalue weighted by Gasteiger charge is 2.09. The molecule has 0 unspecified atom stereocenters. The quantitative estimate of drug-likeness (QED) is 0.364. The topological polar surface area (TPSA) is 9.23 Å². The van der Waals surface area contributed by atoms with Crippen molar-refractivity contribution >= 4 is 0 Å². The summed E-state index contributed by atoms with van der Waals surface area (Å²) in [6.45, 7) is 1.11. The summed E-state index contributed by atoms with van der Waals surface area (Å²) in [6, 6.07) is 37.0. The van der Waals surface area contributed by atoms with Crippen LogP contribution in [0.15, 0.2) is 109 Å². The summed E-state index contributed by atoms with van der Waals surface area (Å²) in [4.78, 5) is 0. The minimum absolute atomic E-state index is 0.522. The summed E-state index contributed by atoms with van der Waals surface area (Å²) >= 11 is 0. The van der Waals surface area contributed by atoms with E-state index in [1.807, 2.05) is 54.6 Å². The van der Waals surface area contributed by atoms with Crippen LogP contribution in [0, 0.1) is 11.8 Å². The molecule has 29 heavy (non-hydrogen) atoms. The Morgan fingerprint density at radius 3 is 1.93 bits per heavy atom. The highest BCUT2D eigenvalue weighted by atomic mass is 16.5. The molecule has 0 atom stereocenters. The molecule has 1 nitrogen and oxygen atoms in total. The van der Waals surface area contributed by atoms with Gasteiger partial charge in [0.05, 0.1) is 13.2 Å². The molecular formula is C28H22O. The van der Waals surface area contributed by atoms with Crippen molar-refractivity contribution in [1.29, 1.82) is 0 Å². The van der Waals surface area contributed by atoms with Crippen LogP contribution in [-0.4, -0.2) is 0 Å². The van der Waals surface area contributed by atoms with Gasteiger partial charge in [-0.1, -0.05) is 109 Å². The molecule has 1 heteroatoms. The van der Waals surface area contributed by atoms with E-state index in [9.17, 15) is 0 Å². The van der Waals surface area contributed by atoms with Gasteiger partial charge in [-0.3, -0.25) is 0 Å². The molecule has 0 spiro atoms. The van der Waals surface area contributed by atoms with E-state index in [0.717, 1.165) is 27.8 Å². The first-order valence-electron chi connectivity index (χ1n) is 9.76. The number of hydrogen-bond acceptors (Lipinski definition) is 1. The van der Waals surface area contributed by atoms with Gasteiger partial charge in [-0.25, -0.2) is 0 Å². The Morgan fingerprint density at radius 1 is 0.552 bits per heavy atom. The lowest BCUT2D eigenvalue weighted by Crippen LogP contribution is -1.98. The lowest BCUT2D eigenvalue weighted by atomic mass is 9.95. The first kappa shape index (κ1) is 18.7. The molecule has 0 bridgehead atoms. The fraction of sp³-hybridized carbons (Fsp3) is 0.0714. The zero-order valence-electron chi connectivity index (χ0n) is 16.2. The lowest BCUT2D eigenvalue weighted by Gasteiger charge is -2.12. The van der Waals surface area contributed by atoms with E-state index in [0.29, 0.717) is 13.2 Å². The van der Waals surface area contributed by atoms with Crippen LogP contribution in [0.2, 0.25) is 0 Å². The molecular weight excluding hydrogens is 352 g/mol. The summed E-state index contributed by atoms with van der Waals surface area (Å²) in [5.74, 6) is 6.73. The zero-order chi connectivity index (χ0) is 19.7. The van der Waals surface area contributed by atoms with E-state index >= 15 is 0 Å². The third-order valence-electron chi connectivity index (χ3n) is 4.71. The number of ether oxygens (including phenoxy) is 1. The van der Waals surface area contributed by atoms with Gasteiger partial charge in [0, 0.05) is 11.1 Å². The summed E-state index contributed by atoms with van der Waals surface area (Å²) < 4.78 is 6.02. The first-order valence-corrected chi connectivity index (χ1v) is 9.76. The van der Waals surface area contributed by atoms with E-state index in [1.165, 1.54) is 5.56 Å². The Labute approximate surface area is 172 Å². The van der Waals surface area contributed by atoms with Crippen LogP contribution < -0.4 is 0 Å². The molecule has 0 aromatic heterocycles. The molecule has 0 heterocycles. The fourth-order valence-corrected chi connectivity index (χ4v) is 3.24. The highest BCUT2D eigenvalue weighted by molar-refractivity contribution is 5.73. The third-order valence-corrected chi connectivity index (χ3v) is 4.71. The predicted molar refractivity (Wildman–Crippen MR) is 119 cm³/mol. The van der Waals surface area contributed by atoms with Crippen molar-refractivity contribution < 1.29 is 4.74 Å². The maximum Gasteiger partial charge on any atom is 0.0733 e. The number of rotatable bonds is 5. The molecule has 0 saturated heterocycles. The second kappa shape index (κ2) is 9.55. The number of hydrogen-bond donors (Lipinski definition) is 0. The Morgan fingerprint density at radius 2 is 1.21 bits per heavy atom. The van der Waals surface area contributed by atoms with Crippen molar-refractivity contribution in [3.05, 3.63) is 131 Å². The van der Waals surface area contributed by atoms with Crippen molar-refractivity contribution in [2.45, 2.75) is 13.2 Å². The SMILES string of the molecule is C(#Cc1c(COCc2ccccc2)cccc1-c1ccccc1)c1ccccc1. The molecule has 4 aromatic rings. The van der Waals surface area contributed by atoms with E-state index in [4.69, 9.17) is 4.74 Å². The van der Waals surface area contributed by atoms with E-state index < -0.39 is 0 Å². The molecule has 0 aliphatic heterocycles. The van der Waals surface area contributed by atoms with Crippen LogP contribution in [0.4, 0.5) is 0 Å². The van der Waals surface area contributed by atoms with Crippen molar-refractivity contribution in [3.63, 3.8) is 0 Å². The Balaban J connectivity index is 1.66. The molecule has 0 radical (unpaired) electrons. The van der Waals surface area contributed by atoms with Crippen LogP contribution in [-0.2, 0) is 18.0 Å². The molecule has 4 rings (SSSR count). The van der Waals surface area contributed by atoms with Crippen LogP contribution in [0.5, 0.6) is 0 Å². The van der Waals surface area contributed by atoms with E-state index in [-0.39, 0.29) is 0 Å². The Hall–Kier alpha value is -3.60. The fourth-order valence-electron chi connectivity index (χ4n) is 3.24. The minimum Gasteiger partial charge on any atom is -0.372 e. The van der Waals surface area contributed by atoms with Crippen LogP contribution in [0.1, 0.15) is 22.3 Å². The van der Waals surface area contributed by atoms with Gasteiger partial charge < -0.3 is 4.74 Å². The van der Waals surface area contributed by atoms with Gasteiger partial charge in [-0.05, 0) is 34.4 Å². The van der Waals surface area contributed by atoms with Gasteiger partial charge in [0.1, 0.15) is 0 Å². The van der Waals surface area contributed by atoms with E-state index in [1.54, 1.807) is 0 Å². The van der Waals surface area contributed by atoms with E-state index in [2.05, 4.69) is 66.4 Å². The van der Waals surface area contributed by atoms with Crippen molar-refractivity contribution in [1.82, 2.24) is 0 Å². The van der Waals surface area contributed by atoms with Crippen LogP contribution in [0.25, 0.3) is 11.1 Å². The monoisotopic (exact) mass is 374 g/mol. The summed E-state index contributed by atoms with van der Waals surface area (Å²) in [5.41, 5.74) is 6.60. The summed E-state index contributed by atoms with van der Waals surface area (Å²) in [5, 5.41) is 0. The molecule has 0 aliphatic rings. The molecule has 140 valence electrons. The molecule has 0 saturated carbocycles. The second-order valence-corrected chi connectivity index (χ2v) is 6.80. The van der Waals surface area contributed by atoms with Crippen molar-refractivity contribution in [2.24, 2.45) is 0 Å². The largest absolute Gasteiger partial charge is 0.372 e. The average Bonchev–Trinajstić information content (AvgIpc) is 2.80. The summed E-state index contributed by atoms with van der Waals surface area (Å²) in [7, 11) is 0. The second-order valence-electron chi connectivity index (χ2n) is 6.80. The van der Waals surface area contributed by atoms with Gasteiger partial charge in [0.15, 0.2) is 0 Å². The zero-order valence-corrected chi connectivity index (χ0v) is 16.2. The molecule has 0 aliphatic carbocycles. The normalized spacial score (nSPS) is 10.2. The van der Waals surface area contributed by atoms with Gasteiger partial charge in [-0.2, -0.15) is 0 Å². The lowest BCUT2D eigenvalue weighted by molar-refractivity contribution is 0.107. The number of benzene rings is 4. The third kappa shape index (κ3) is 5.02. The maximum atomic E-state index is 6.02. The Bertz CT molecular complexity index is 1100. The first-order chi connectivity index (χ1) is 14.4. The van der Waals surface area contributed by atoms with Gasteiger partial charge in [0.25, 0.3) is 0 Å². The van der Waals surface area contributed by atoms with Crippen molar-refractivity contribution in [2.75, 3.05) is 0 Å². The molecule has 0 N–H and O–H groups in total. The van der Waals surface area contributed by atoms with Crippen molar-refractivity contribution in [3.8, 4) is 23.0 Å². The van der Waals surface area contributed by atoms with Gasteiger partial charge in [0.2, 0.25) is 0 Å². The van der Waals surface area contributed by atoms with Gasteiger partial charge in [-0.15, -0.1) is 0 Å². The molecule has 0 amide bonds. The maximum absolute atomic E-state index is 6.02. The standard InChI is InChI=1S/C28H22O/c1-4-11-23(12-5-1)19-20-28-26(22-29-21-24-13-6-2-7-14-24)17-10-18-27(28)25-15-8-3-9-16-25/h1-18H,21-22H2. The van der Waals surface area contributed by atoms with Crippen LogP contribution in [0.3, 0.4) is 0 Å². The molecule has 0 fully saturated rings. The summed E-state index contributed by atoms with van der Waals surface area (Å²) in [6.07, 6.45) is 0. The Kier molecular flexibility index (Phi) is 6.18. The van der Waals surface area contributed by atoms with Gasteiger partial charge >= 0.3 is 0 Å². The highest BCUT2D eigenvalue weighted by Crippen LogP contribution is 2.26. The predicted octanol–water partition coefficient (Wildman–Crippen LogP) is 6.47. The van der Waals surface area contributed by atoms with Crippen LogP contribution >= 0.6 is 0 Å². The smallest absolute Gasteiger partial charge is 0.0733 e. The molecule has 4 aromatic carbocycles. The minimum atomic E-state index is 0.522.